The summed E-state index contributed by atoms with van der Waals surface area (Å²) in [6.07, 6.45) is 0. The monoisotopic (exact) mass is 343 g/mol. The number of amides is 1. The standard InChI is InChI=1S/C16H13N3O2S2/c20-13-8-6-12(7-9-13)17-14(21)10-22-16-18-15(19-23-16)11-4-2-1-3-5-11/h1-9,20H,10H2,(H,17,21). The van der Waals surface area contributed by atoms with Gasteiger partial charge in [-0.05, 0) is 35.8 Å². The maximum atomic E-state index is 11.9. The van der Waals surface area contributed by atoms with Crippen molar-refractivity contribution in [1.29, 1.82) is 0 Å². The number of phenolic OH excluding ortho intramolecular Hbond substituents is 1. The number of carbonyl (C=O) groups is 1. The van der Waals surface area contributed by atoms with E-state index in [1.807, 2.05) is 30.3 Å². The van der Waals surface area contributed by atoms with Crippen LogP contribution in [0.15, 0.2) is 58.9 Å². The van der Waals surface area contributed by atoms with Gasteiger partial charge in [0.25, 0.3) is 0 Å². The first kappa shape index (κ1) is 15.5. The van der Waals surface area contributed by atoms with Gasteiger partial charge in [-0.3, -0.25) is 4.79 Å². The molecule has 7 heteroatoms. The first-order valence-electron chi connectivity index (χ1n) is 6.81. The zero-order chi connectivity index (χ0) is 16.1. The second-order valence-corrected chi connectivity index (χ2v) is 6.61. The van der Waals surface area contributed by atoms with Crippen molar-refractivity contribution in [3.05, 3.63) is 54.6 Å². The van der Waals surface area contributed by atoms with E-state index in [4.69, 9.17) is 0 Å². The van der Waals surface area contributed by atoms with E-state index in [0.717, 1.165) is 9.90 Å². The maximum Gasteiger partial charge on any atom is 0.234 e. The number of aromatic nitrogens is 2. The van der Waals surface area contributed by atoms with Crippen LogP contribution in [0.25, 0.3) is 11.4 Å². The fourth-order valence-corrected chi connectivity index (χ4v) is 3.26. The molecule has 0 atom stereocenters. The molecule has 2 aromatic carbocycles. The summed E-state index contributed by atoms with van der Waals surface area (Å²) in [7, 11) is 0. The van der Waals surface area contributed by atoms with Crippen molar-refractivity contribution >= 4 is 34.9 Å². The van der Waals surface area contributed by atoms with Gasteiger partial charge in [-0.15, -0.1) is 0 Å². The number of phenols is 1. The lowest BCUT2D eigenvalue weighted by Crippen LogP contribution is -2.13. The van der Waals surface area contributed by atoms with Crippen LogP contribution < -0.4 is 5.32 Å². The molecule has 1 heterocycles. The highest BCUT2D eigenvalue weighted by Crippen LogP contribution is 2.25. The lowest BCUT2D eigenvalue weighted by molar-refractivity contribution is -0.113. The Morgan fingerprint density at radius 1 is 1.13 bits per heavy atom. The molecule has 0 aliphatic carbocycles. The van der Waals surface area contributed by atoms with Crippen LogP contribution in [0.1, 0.15) is 0 Å². The molecule has 1 amide bonds. The van der Waals surface area contributed by atoms with Crippen molar-refractivity contribution in [3.8, 4) is 17.1 Å². The predicted molar refractivity (Wildman–Crippen MR) is 92.8 cm³/mol. The number of aromatic hydroxyl groups is 1. The van der Waals surface area contributed by atoms with Crippen molar-refractivity contribution in [2.45, 2.75) is 4.34 Å². The Kier molecular flexibility index (Phi) is 4.89. The average molecular weight is 343 g/mol. The quantitative estimate of drug-likeness (QED) is 0.546. The molecular weight excluding hydrogens is 330 g/mol. The molecule has 5 nitrogen and oxygen atoms in total. The zero-order valence-electron chi connectivity index (χ0n) is 12.0. The maximum absolute atomic E-state index is 11.9. The molecule has 3 aromatic rings. The molecule has 0 fully saturated rings. The first-order chi connectivity index (χ1) is 11.2. The van der Waals surface area contributed by atoms with Crippen molar-refractivity contribution in [2.24, 2.45) is 0 Å². The number of hydrogen-bond donors (Lipinski definition) is 2. The molecule has 116 valence electrons. The highest BCUT2D eigenvalue weighted by atomic mass is 32.2. The summed E-state index contributed by atoms with van der Waals surface area (Å²) in [6, 6.07) is 16.1. The second kappa shape index (κ2) is 7.26. The third kappa shape index (κ3) is 4.30. The van der Waals surface area contributed by atoms with Crippen LogP contribution in [0, 0.1) is 0 Å². The Morgan fingerprint density at radius 3 is 2.61 bits per heavy atom. The number of thioether (sulfide) groups is 1. The Labute approximate surface area is 141 Å². The van der Waals surface area contributed by atoms with E-state index in [1.54, 1.807) is 12.1 Å². The van der Waals surface area contributed by atoms with Gasteiger partial charge in [-0.2, -0.15) is 4.37 Å². The Morgan fingerprint density at radius 2 is 1.87 bits per heavy atom. The van der Waals surface area contributed by atoms with Crippen molar-refractivity contribution in [2.75, 3.05) is 11.1 Å². The van der Waals surface area contributed by atoms with Crippen LogP contribution in [0.5, 0.6) is 5.75 Å². The molecule has 0 spiro atoms. The van der Waals surface area contributed by atoms with Crippen molar-refractivity contribution in [3.63, 3.8) is 0 Å². The van der Waals surface area contributed by atoms with Gasteiger partial charge in [-0.1, -0.05) is 42.1 Å². The summed E-state index contributed by atoms with van der Waals surface area (Å²) in [5, 5.41) is 12.0. The normalized spacial score (nSPS) is 10.4. The van der Waals surface area contributed by atoms with Crippen LogP contribution >= 0.6 is 23.3 Å². The van der Waals surface area contributed by atoms with E-state index in [0.29, 0.717) is 11.5 Å². The van der Waals surface area contributed by atoms with E-state index in [9.17, 15) is 9.90 Å². The zero-order valence-corrected chi connectivity index (χ0v) is 13.6. The molecular formula is C16H13N3O2S2. The Bertz CT molecular complexity index is 789. The summed E-state index contributed by atoms with van der Waals surface area (Å²) in [5.74, 6) is 0.971. The molecule has 0 unspecified atom stereocenters. The fraction of sp³-hybridized carbons (Fsp3) is 0.0625. The fourth-order valence-electron chi connectivity index (χ4n) is 1.84. The minimum Gasteiger partial charge on any atom is -0.508 e. The highest BCUT2D eigenvalue weighted by Gasteiger charge is 2.09. The number of hydrogen-bond acceptors (Lipinski definition) is 6. The molecule has 2 N–H and O–H groups in total. The average Bonchev–Trinajstić information content (AvgIpc) is 3.05. The number of anilines is 1. The van der Waals surface area contributed by atoms with E-state index in [-0.39, 0.29) is 17.4 Å². The predicted octanol–water partition coefficient (Wildman–Crippen LogP) is 3.64. The van der Waals surface area contributed by atoms with Crippen LogP contribution in [0.3, 0.4) is 0 Å². The highest BCUT2D eigenvalue weighted by molar-refractivity contribution is 8.01. The summed E-state index contributed by atoms with van der Waals surface area (Å²) in [5.41, 5.74) is 1.61. The van der Waals surface area contributed by atoms with E-state index in [2.05, 4.69) is 14.7 Å². The van der Waals surface area contributed by atoms with Gasteiger partial charge in [0.1, 0.15) is 5.75 Å². The van der Waals surface area contributed by atoms with Gasteiger partial charge < -0.3 is 10.4 Å². The summed E-state index contributed by atoms with van der Waals surface area (Å²) < 4.78 is 5.06. The van der Waals surface area contributed by atoms with E-state index in [1.165, 1.54) is 35.4 Å². The number of rotatable bonds is 5. The van der Waals surface area contributed by atoms with E-state index < -0.39 is 0 Å². The van der Waals surface area contributed by atoms with Gasteiger partial charge in [0.15, 0.2) is 10.2 Å². The molecule has 23 heavy (non-hydrogen) atoms. The SMILES string of the molecule is O=C(CSc1nc(-c2ccccc2)ns1)Nc1ccc(O)cc1. The van der Waals surface area contributed by atoms with Gasteiger partial charge in [0, 0.05) is 11.3 Å². The molecule has 0 aliphatic heterocycles. The van der Waals surface area contributed by atoms with Crippen LogP contribution in [-0.4, -0.2) is 26.1 Å². The smallest absolute Gasteiger partial charge is 0.234 e. The molecule has 3 rings (SSSR count). The lowest BCUT2D eigenvalue weighted by atomic mass is 10.2. The van der Waals surface area contributed by atoms with Crippen LogP contribution in [0.2, 0.25) is 0 Å². The number of benzene rings is 2. The Balaban J connectivity index is 1.55. The Hall–Kier alpha value is -2.38. The molecule has 0 bridgehead atoms. The van der Waals surface area contributed by atoms with Crippen LogP contribution in [-0.2, 0) is 4.79 Å². The number of carbonyl (C=O) groups excluding carboxylic acids is 1. The molecule has 0 saturated carbocycles. The summed E-state index contributed by atoms with van der Waals surface area (Å²) >= 11 is 2.63. The number of nitrogens with one attached hydrogen (secondary N) is 1. The molecule has 0 radical (unpaired) electrons. The van der Waals surface area contributed by atoms with Crippen molar-refractivity contribution < 1.29 is 9.90 Å². The van der Waals surface area contributed by atoms with Gasteiger partial charge in [0.05, 0.1) is 5.75 Å². The van der Waals surface area contributed by atoms with E-state index >= 15 is 0 Å². The third-order valence-corrected chi connectivity index (χ3v) is 4.75. The lowest BCUT2D eigenvalue weighted by Gasteiger charge is -2.03. The van der Waals surface area contributed by atoms with Gasteiger partial charge in [-0.25, -0.2) is 4.98 Å². The minimum atomic E-state index is -0.128. The minimum absolute atomic E-state index is 0.128. The number of nitrogens with zero attached hydrogens (tertiary/aromatic N) is 2. The topological polar surface area (TPSA) is 75.1 Å². The molecule has 0 saturated heterocycles. The largest absolute Gasteiger partial charge is 0.508 e. The first-order valence-corrected chi connectivity index (χ1v) is 8.57. The van der Waals surface area contributed by atoms with Crippen molar-refractivity contribution in [1.82, 2.24) is 9.36 Å². The van der Waals surface area contributed by atoms with Gasteiger partial charge in [0.2, 0.25) is 5.91 Å². The molecule has 0 aliphatic rings. The van der Waals surface area contributed by atoms with Crippen LogP contribution in [0.4, 0.5) is 5.69 Å². The molecule has 1 aromatic heterocycles. The second-order valence-electron chi connectivity index (χ2n) is 4.63. The van der Waals surface area contributed by atoms with Gasteiger partial charge >= 0.3 is 0 Å². The summed E-state index contributed by atoms with van der Waals surface area (Å²) in [4.78, 5) is 16.3. The summed E-state index contributed by atoms with van der Waals surface area (Å²) in [6.45, 7) is 0. The third-order valence-electron chi connectivity index (χ3n) is 2.92.